The van der Waals surface area contributed by atoms with E-state index in [9.17, 15) is 18.0 Å². The summed E-state index contributed by atoms with van der Waals surface area (Å²) < 4.78 is 32.3. The van der Waals surface area contributed by atoms with E-state index in [-0.39, 0.29) is 36.5 Å². The van der Waals surface area contributed by atoms with Gasteiger partial charge >= 0.3 is 6.03 Å². The summed E-state index contributed by atoms with van der Waals surface area (Å²) in [4.78, 5) is 29.5. The van der Waals surface area contributed by atoms with Crippen molar-refractivity contribution in [3.8, 4) is 0 Å². The van der Waals surface area contributed by atoms with Gasteiger partial charge in [0, 0.05) is 18.6 Å². The van der Waals surface area contributed by atoms with E-state index in [1.54, 1.807) is 18.9 Å². The third-order valence-electron chi connectivity index (χ3n) is 6.25. The van der Waals surface area contributed by atoms with Crippen molar-refractivity contribution >= 4 is 33.5 Å². The summed E-state index contributed by atoms with van der Waals surface area (Å²) in [7, 11) is -1.81. The minimum atomic E-state index is -3.50. The smallest absolute Gasteiger partial charge is 0.324 e. The van der Waals surface area contributed by atoms with Gasteiger partial charge in [0.25, 0.3) is 0 Å². The highest BCUT2D eigenvalue weighted by atomic mass is 32.2. The Labute approximate surface area is 168 Å². The van der Waals surface area contributed by atoms with E-state index in [0.29, 0.717) is 18.5 Å². The number of imide groups is 1. The zero-order chi connectivity index (χ0) is 20.3. The number of urea groups is 1. The van der Waals surface area contributed by atoms with Crippen LogP contribution in [0.4, 0.5) is 4.79 Å². The van der Waals surface area contributed by atoms with E-state index in [1.165, 1.54) is 4.90 Å². The zero-order valence-electron chi connectivity index (χ0n) is 16.2. The van der Waals surface area contributed by atoms with E-state index in [2.05, 4.69) is 14.3 Å². The summed E-state index contributed by atoms with van der Waals surface area (Å²) in [6, 6.07) is -0.594. The molecule has 1 aromatic rings. The molecule has 1 saturated heterocycles. The van der Waals surface area contributed by atoms with Gasteiger partial charge in [-0.25, -0.2) is 17.9 Å². The van der Waals surface area contributed by atoms with Gasteiger partial charge in [-0.1, -0.05) is 4.49 Å². The lowest BCUT2D eigenvalue weighted by Crippen LogP contribution is -2.62. The molecule has 3 fully saturated rings. The molecule has 2 aliphatic carbocycles. The summed E-state index contributed by atoms with van der Waals surface area (Å²) in [5.74, 6) is -0.801. The van der Waals surface area contributed by atoms with Gasteiger partial charge in [-0.2, -0.15) is 0 Å². The first kappa shape index (κ1) is 19.7. The largest absolute Gasteiger partial charge is 0.327 e. The minimum Gasteiger partial charge on any atom is -0.324 e. The van der Waals surface area contributed by atoms with Gasteiger partial charge in [0.2, 0.25) is 15.9 Å². The topological polar surface area (TPSA) is 113 Å². The fraction of sp³-hybridized carbons (Fsp3) is 0.765. The van der Waals surface area contributed by atoms with Gasteiger partial charge in [-0.15, -0.1) is 5.10 Å². The molecule has 9 nitrogen and oxygen atoms in total. The standard InChI is InChI=1S/C17H25N5O4S2/c1-10-14(27-20-18-10)9-22-15(23)12-8-11(4-5-13(12)21(3)16(22)24)28(25,26)19-17(2)6-7-17/h11-13,19H,4-9H2,1-3H3. The Balaban J connectivity index is 1.54. The van der Waals surface area contributed by atoms with Crippen molar-refractivity contribution in [2.75, 3.05) is 7.05 Å². The van der Waals surface area contributed by atoms with Gasteiger partial charge in [-0.3, -0.25) is 9.69 Å². The van der Waals surface area contributed by atoms with Gasteiger partial charge in [-0.05, 0) is 57.5 Å². The van der Waals surface area contributed by atoms with Crippen LogP contribution >= 0.6 is 11.5 Å². The van der Waals surface area contributed by atoms with Crippen LogP contribution in [0.15, 0.2) is 0 Å². The number of rotatable bonds is 5. The highest BCUT2D eigenvalue weighted by Crippen LogP contribution is 2.40. The number of fused-ring (bicyclic) bond motifs is 1. The van der Waals surface area contributed by atoms with Crippen LogP contribution in [0.3, 0.4) is 0 Å². The average molecular weight is 428 g/mol. The highest BCUT2D eigenvalue weighted by molar-refractivity contribution is 7.90. The molecule has 4 rings (SSSR count). The van der Waals surface area contributed by atoms with Crippen LogP contribution in [0.1, 0.15) is 49.6 Å². The molecule has 3 atom stereocenters. The van der Waals surface area contributed by atoms with Crippen LogP contribution in [0.2, 0.25) is 0 Å². The number of nitrogens with zero attached hydrogens (tertiary/aromatic N) is 4. The van der Waals surface area contributed by atoms with Crippen LogP contribution in [0.25, 0.3) is 0 Å². The molecule has 154 valence electrons. The summed E-state index contributed by atoms with van der Waals surface area (Å²) in [6.07, 6.45) is 2.89. The number of carbonyl (C=O) groups excluding carboxylic acids is 2. The number of hydrogen-bond donors (Lipinski definition) is 1. The van der Waals surface area contributed by atoms with Crippen molar-refractivity contribution in [3.63, 3.8) is 0 Å². The fourth-order valence-corrected chi connectivity index (χ4v) is 6.74. The molecule has 11 heteroatoms. The predicted molar refractivity (Wildman–Crippen MR) is 103 cm³/mol. The summed E-state index contributed by atoms with van der Waals surface area (Å²) >= 11 is 1.16. The number of nitrogens with one attached hydrogen (secondary N) is 1. The maximum absolute atomic E-state index is 13.2. The lowest BCUT2D eigenvalue weighted by molar-refractivity contribution is -0.140. The molecule has 2 heterocycles. The van der Waals surface area contributed by atoms with Crippen LogP contribution in [-0.4, -0.2) is 63.6 Å². The SMILES string of the molecule is Cc1nnsc1CN1C(=O)C2CC(S(=O)(=O)NC3(C)CC3)CCC2N(C)C1=O. The molecule has 0 radical (unpaired) electrons. The van der Waals surface area contributed by atoms with Gasteiger partial charge in [0.1, 0.15) is 0 Å². The van der Waals surface area contributed by atoms with Crippen LogP contribution < -0.4 is 4.72 Å². The molecule has 1 aromatic heterocycles. The Morgan fingerprint density at radius 1 is 1.29 bits per heavy atom. The Kier molecular flexibility index (Phi) is 4.74. The van der Waals surface area contributed by atoms with Gasteiger partial charge in [0.15, 0.2) is 0 Å². The Bertz CT molecular complexity index is 910. The lowest BCUT2D eigenvalue weighted by atomic mass is 9.81. The number of amides is 3. The monoisotopic (exact) mass is 427 g/mol. The molecule has 3 amide bonds. The maximum atomic E-state index is 13.2. The zero-order valence-corrected chi connectivity index (χ0v) is 17.8. The Hall–Kier alpha value is -1.59. The van der Waals surface area contributed by atoms with Crippen molar-refractivity contribution in [2.24, 2.45) is 5.92 Å². The van der Waals surface area contributed by atoms with Crippen molar-refractivity contribution in [1.82, 2.24) is 24.1 Å². The summed E-state index contributed by atoms with van der Waals surface area (Å²) in [5.41, 5.74) is 0.364. The third-order valence-corrected chi connectivity index (χ3v) is 9.14. The van der Waals surface area contributed by atoms with E-state index < -0.39 is 21.2 Å². The van der Waals surface area contributed by atoms with E-state index in [4.69, 9.17) is 0 Å². The molecule has 0 aromatic carbocycles. The molecular weight excluding hydrogens is 402 g/mol. The quantitative estimate of drug-likeness (QED) is 0.757. The van der Waals surface area contributed by atoms with Gasteiger partial charge in [0.05, 0.1) is 28.3 Å². The van der Waals surface area contributed by atoms with E-state index in [0.717, 1.165) is 29.3 Å². The molecule has 0 bridgehead atoms. The normalized spacial score (nSPS) is 29.8. The molecule has 3 aliphatic rings. The number of aryl methyl sites for hydroxylation is 1. The second-order valence-electron chi connectivity index (χ2n) is 8.42. The van der Waals surface area contributed by atoms with Crippen LogP contribution in [0, 0.1) is 12.8 Å². The number of carbonyl (C=O) groups is 2. The molecule has 3 unspecified atom stereocenters. The van der Waals surface area contributed by atoms with Crippen molar-refractivity contribution < 1.29 is 18.0 Å². The lowest BCUT2D eigenvalue weighted by Gasteiger charge is -2.46. The maximum Gasteiger partial charge on any atom is 0.327 e. The fourth-order valence-electron chi connectivity index (χ4n) is 4.16. The van der Waals surface area contributed by atoms with Gasteiger partial charge < -0.3 is 4.90 Å². The van der Waals surface area contributed by atoms with Crippen molar-refractivity contribution in [3.05, 3.63) is 10.6 Å². The first-order chi connectivity index (χ1) is 13.1. The van der Waals surface area contributed by atoms with E-state index in [1.807, 2.05) is 6.92 Å². The second kappa shape index (κ2) is 6.74. The first-order valence-corrected chi connectivity index (χ1v) is 11.8. The van der Waals surface area contributed by atoms with Crippen LogP contribution in [0.5, 0.6) is 0 Å². The summed E-state index contributed by atoms with van der Waals surface area (Å²) in [5, 5.41) is 3.33. The second-order valence-corrected chi connectivity index (χ2v) is 11.2. The van der Waals surface area contributed by atoms with E-state index >= 15 is 0 Å². The third kappa shape index (κ3) is 3.43. The summed E-state index contributed by atoms with van der Waals surface area (Å²) in [6.45, 7) is 3.82. The molecule has 0 spiro atoms. The molecule has 2 saturated carbocycles. The minimum absolute atomic E-state index is 0.127. The number of aromatic nitrogens is 2. The Morgan fingerprint density at radius 2 is 2.00 bits per heavy atom. The molecule has 1 aliphatic heterocycles. The van der Waals surface area contributed by atoms with Crippen LogP contribution in [-0.2, 0) is 21.4 Å². The molecule has 28 heavy (non-hydrogen) atoms. The average Bonchev–Trinajstić information content (AvgIpc) is 3.22. The predicted octanol–water partition coefficient (Wildman–Crippen LogP) is 1.25. The van der Waals surface area contributed by atoms with Crippen molar-refractivity contribution in [2.45, 2.75) is 69.3 Å². The Morgan fingerprint density at radius 3 is 2.61 bits per heavy atom. The highest BCUT2D eigenvalue weighted by Gasteiger charge is 2.51. The van der Waals surface area contributed by atoms with Crippen molar-refractivity contribution in [1.29, 1.82) is 0 Å². The number of sulfonamides is 1. The molecular formula is C17H25N5O4S2. The molecule has 1 N–H and O–H groups in total. The number of hydrogen-bond acceptors (Lipinski definition) is 7. The first-order valence-electron chi connectivity index (χ1n) is 9.50.